The average molecular weight is 542 g/mol. The van der Waals surface area contributed by atoms with Crippen LogP contribution in [0.15, 0.2) is 28.8 Å². The number of carbonyl (C=O) groups excluding carboxylic acids is 3. The van der Waals surface area contributed by atoms with Crippen molar-refractivity contribution < 1.29 is 41.2 Å². The maximum absolute atomic E-state index is 14.0. The maximum atomic E-state index is 14.0. The molecule has 0 aliphatic carbocycles. The number of halogens is 4. The quantitative estimate of drug-likeness (QED) is 0.455. The minimum Gasteiger partial charge on any atom is -0.444 e. The van der Waals surface area contributed by atoms with E-state index >= 15 is 0 Å². The van der Waals surface area contributed by atoms with Crippen LogP contribution in [0, 0.1) is 12.7 Å². The van der Waals surface area contributed by atoms with Gasteiger partial charge < -0.3 is 24.4 Å². The SMILES string of the molecule is Cc1noc([C@H]2CN(C(=O)OC(C)(C)C)CCN2C(=O)CNC(=O)/C=C/c2ccc(C(F)(F)F)cc2F)n1. The van der Waals surface area contributed by atoms with Gasteiger partial charge in [-0.3, -0.25) is 9.59 Å². The molecule has 2 aromatic rings. The number of piperazine rings is 1. The minimum absolute atomic E-state index is 0.0172. The van der Waals surface area contributed by atoms with E-state index in [4.69, 9.17) is 9.26 Å². The summed E-state index contributed by atoms with van der Waals surface area (Å²) in [5.41, 5.74) is -2.11. The van der Waals surface area contributed by atoms with E-state index in [2.05, 4.69) is 15.5 Å². The van der Waals surface area contributed by atoms with Crippen LogP contribution >= 0.6 is 0 Å². The molecule has 1 aliphatic rings. The van der Waals surface area contributed by atoms with Gasteiger partial charge in [-0.2, -0.15) is 18.2 Å². The molecule has 0 radical (unpaired) electrons. The highest BCUT2D eigenvalue weighted by atomic mass is 19.4. The van der Waals surface area contributed by atoms with Crippen LogP contribution in [0.4, 0.5) is 22.4 Å². The molecule has 38 heavy (non-hydrogen) atoms. The first-order valence-electron chi connectivity index (χ1n) is 11.5. The fraction of sp³-hybridized carbons (Fsp3) is 0.458. The molecule has 2 heterocycles. The molecule has 1 saturated heterocycles. The molecule has 1 fully saturated rings. The van der Waals surface area contributed by atoms with E-state index in [1.807, 2.05) is 0 Å². The van der Waals surface area contributed by atoms with Crippen LogP contribution in [-0.4, -0.2) is 69.6 Å². The fourth-order valence-corrected chi connectivity index (χ4v) is 3.56. The van der Waals surface area contributed by atoms with E-state index in [1.165, 1.54) is 9.80 Å². The zero-order valence-electron chi connectivity index (χ0n) is 21.1. The number of aryl methyl sites for hydroxylation is 1. The molecule has 3 amide bonds. The third-order valence-electron chi connectivity index (χ3n) is 5.34. The number of rotatable bonds is 5. The highest BCUT2D eigenvalue weighted by Crippen LogP contribution is 2.30. The van der Waals surface area contributed by atoms with Gasteiger partial charge in [0.15, 0.2) is 5.82 Å². The van der Waals surface area contributed by atoms with Crippen LogP contribution in [-0.2, 0) is 20.5 Å². The number of nitrogens with one attached hydrogen (secondary N) is 1. The second-order valence-corrected chi connectivity index (χ2v) is 9.49. The summed E-state index contributed by atoms with van der Waals surface area (Å²) in [6.45, 7) is 6.60. The van der Waals surface area contributed by atoms with Gasteiger partial charge in [0, 0.05) is 24.7 Å². The van der Waals surface area contributed by atoms with Crippen molar-refractivity contribution in [2.24, 2.45) is 0 Å². The third kappa shape index (κ3) is 7.52. The average Bonchev–Trinajstić information content (AvgIpc) is 3.25. The molecule has 14 heteroatoms. The first-order valence-corrected chi connectivity index (χ1v) is 11.5. The number of carbonyl (C=O) groups is 3. The number of benzene rings is 1. The summed E-state index contributed by atoms with van der Waals surface area (Å²) in [5, 5.41) is 6.09. The Bertz CT molecular complexity index is 1220. The number of ether oxygens (including phenoxy) is 1. The second-order valence-electron chi connectivity index (χ2n) is 9.49. The summed E-state index contributed by atoms with van der Waals surface area (Å²) >= 11 is 0. The summed E-state index contributed by atoms with van der Waals surface area (Å²) in [6.07, 6.45) is -3.37. The lowest BCUT2D eigenvalue weighted by Gasteiger charge is -2.40. The van der Waals surface area contributed by atoms with Gasteiger partial charge in [0.25, 0.3) is 5.89 Å². The van der Waals surface area contributed by atoms with Gasteiger partial charge in [0.1, 0.15) is 17.5 Å². The topological polar surface area (TPSA) is 118 Å². The van der Waals surface area contributed by atoms with Gasteiger partial charge in [-0.25, -0.2) is 9.18 Å². The predicted molar refractivity (Wildman–Crippen MR) is 125 cm³/mol. The number of amides is 3. The standard InChI is InChI=1S/C24H27F4N5O5/c1-14-30-21(38-31-14)18-13-32(22(36)37-23(2,3)4)9-10-33(18)20(35)12-29-19(34)8-6-15-5-7-16(11-17(15)25)24(26,27)28/h5-8,11,18H,9-10,12-13H2,1-4H3,(H,29,34)/b8-6+/t18-/m1/s1. The predicted octanol–water partition coefficient (Wildman–Crippen LogP) is 3.49. The van der Waals surface area contributed by atoms with Crippen LogP contribution in [0.1, 0.15) is 49.7 Å². The Labute approximate surface area is 215 Å². The van der Waals surface area contributed by atoms with Gasteiger partial charge in [-0.1, -0.05) is 11.2 Å². The highest BCUT2D eigenvalue weighted by Gasteiger charge is 2.38. The number of alkyl halides is 3. The van der Waals surface area contributed by atoms with Crippen LogP contribution in [0.5, 0.6) is 0 Å². The van der Waals surface area contributed by atoms with E-state index in [1.54, 1.807) is 27.7 Å². The molecule has 1 aliphatic heterocycles. The maximum Gasteiger partial charge on any atom is 0.416 e. The Kier molecular flexibility index (Phi) is 8.42. The lowest BCUT2D eigenvalue weighted by molar-refractivity contribution is -0.138. The lowest BCUT2D eigenvalue weighted by Crippen LogP contribution is -2.54. The Morgan fingerprint density at radius 3 is 2.50 bits per heavy atom. The molecule has 206 valence electrons. The van der Waals surface area contributed by atoms with Crippen molar-refractivity contribution in [3.05, 3.63) is 52.9 Å². The summed E-state index contributed by atoms with van der Waals surface area (Å²) in [6, 6.07) is 1.13. The van der Waals surface area contributed by atoms with Crippen LogP contribution in [0.25, 0.3) is 6.08 Å². The Balaban J connectivity index is 1.64. The van der Waals surface area contributed by atoms with Crippen molar-refractivity contribution in [1.29, 1.82) is 0 Å². The summed E-state index contributed by atoms with van der Waals surface area (Å²) in [7, 11) is 0. The fourth-order valence-electron chi connectivity index (χ4n) is 3.56. The van der Waals surface area contributed by atoms with E-state index in [0.717, 1.165) is 18.2 Å². The Morgan fingerprint density at radius 1 is 1.21 bits per heavy atom. The number of hydrogen-bond acceptors (Lipinski definition) is 7. The molecule has 1 N–H and O–H groups in total. The first kappa shape index (κ1) is 28.6. The molecular weight excluding hydrogens is 514 g/mol. The summed E-state index contributed by atoms with van der Waals surface area (Å²) in [5.74, 6) is -2.00. The zero-order chi connectivity index (χ0) is 28.3. The highest BCUT2D eigenvalue weighted by molar-refractivity contribution is 5.94. The van der Waals surface area contributed by atoms with Gasteiger partial charge in [-0.15, -0.1) is 0 Å². The number of nitrogens with zero attached hydrogens (tertiary/aromatic N) is 4. The summed E-state index contributed by atoms with van der Waals surface area (Å²) < 4.78 is 62.7. The molecule has 3 rings (SSSR count). The van der Waals surface area contributed by atoms with E-state index < -0.39 is 53.7 Å². The molecule has 1 atom stereocenters. The molecular formula is C24H27F4N5O5. The monoisotopic (exact) mass is 541 g/mol. The van der Waals surface area contributed by atoms with Crippen molar-refractivity contribution in [3.63, 3.8) is 0 Å². The lowest BCUT2D eigenvalue weighted by atomic mass is 10.1. The normalized spacial score (nSPS) is 16.6. The Morgan fingerprint density at radius 2 is 1.92 bits per heavy atom. The van der Waals surface area contributed by atoms with Crippen LogP contribution < -0.4 is 5.32 Å². The smallest absolute Gasteiger partial charge is 0.416 e. The number of hydrogen-bond donors (Lipinski definition) is 1. The molecule has 0 spiro atoms. The second kappa shape index (κ2) is 11.2. The van der Waals surface area contributed by atoms with Gasteiger partial charge in [-0.05, 0) is 45.9 Å². The number of aromatic nitrogens is 2. The largest absolute Gasteiger partial charge is 0.444 e. The van der Waals surface area contributed by atoms with Crippen molar-refractivity contribution in [1.82, 2.24) is 25.3 Å². The molecule has 1 aromatic heterocycles. The Hall–Kier alpha value is -3.97. The first-order chi connectivity index (χ1) is 17.6. The molecule has 0 saturated carbocycles. The molecule has 1 aromatic carbocycles. The van der Waals surface area contributed by atoms with Crippen LogP contribution in [0.2, 0.25) is 0 Å². The summed E-state index contributed by atoms with van der Waals surface area (Å²) in [4.78, 5) is 44.7. The van der Waals surface area contributed by atoms with E-state index in [0.29, 0.717) is 18.0 Å². The van der Waals surface area contributed by atoms with E-state index in [-0.39, 0.29) is 31.1 Å². The van der Waals surface area contributed by atoms with Crippen molar-refractivity contribution >= 4 is 24.0 Å². The molecule has 0 bridgehead atoms. The molecule has 0 unspecified atom stereocenters. The van der Waals surface area contributed by atoms with Gasteiger partial charge in [0.05, 0.1) is 18.7 Å². The van der Waals surface area contributed by atoms with E-state index in [9.17, 15) is 31.9 Å². The zero-order valence-corrected chi connectivity index (χ0v) is 21.1. The minimum atomic E-state index is -4.70. The van der Waals surface area contributed by atoms with Crippen molar-refractivity contribution in [2.75, 3.05) is 26.2 Å². The molecule has 10 nitrogen and oxygen atoms in total. The van der Waals surface area contributed by atoms with Crippen LogP contribution in [0.3, 0.4) is 0 Å². The third-order valence-corrected chi connectivity index (χ3v) is 5.34. The van der Waals surface area contributed by atoms with Gasteiger partial charge >= 0.3 is 12.3 Å². The van der Waals surface area contributed by atoms with Gasteiger partial charge in [0.2, 0.25) is 11.8 Å². The van der Waals surface area contributed by atoms with Crippen molar-refractivity contribution in [2.45, 2.75) is 45.5 Å². The van der Waals surface area contributed by atoms with Crippen molar-refractivity contribution in [3.8, 4) is 0 Å².